The van der Waals surface area contributed by atoms with Gasteiger partial charge in [-0.05, 0) is 34.6 Å². The first kappa shape index (κ1) is 7.70. The van der Waals surface area contributed by atoms with E-state index in [0.717, 1.165) is 5.92 Å². The van der Waals surface area contributed by atoms with E-state index >= 15 is 0 Å². The number of fused-ring (bicyclic) bond motifs is 2. The molecule has 0 amide bonds. The third kappa shape index (κ3) is 0.687. The molecular formula is C15H12. The summed E-state index contributed by atoms with van der Waals surface area (Å²) < 4.78 is 0. The van der Waals surface area contributed by atoms with Gasteiger partial charge in [0.05, 0.1) is 0 Å². The zero-order valence-electron chi connectivity index (χ0n) is 8.53. The fraction of sp³-hybridized carbons (Fsp3) is 0.200. The van der Waals surface area contributed by atoms with Crippen molar-refractivity contribution in [2.45, 2.75) is 6.42 Å². The summed E-state index contributed by atoms with van der Waals surface area (Å²) in [6.45, 7) is 4.32. The Morgan fingerprint density at radius 3 is 2.87 bits per heavy atom. The molecule has 0 N–H and O–H groups in total. The predicted molar refractivity (Wildman–Crippen MR) is 63.1 cm³/mol. The Hall–Kier alpha value is -1.56. The lowest BCUT2D eigenvalue weighted by atomic mass is 9.88. The monoisotopic (exact) mass is 192 g/mol. The van der Waals surface area contributed by atoms with Crippen LogP contribution in [0.25, 0.3) is 11.1 Å². The SMILES string of the molecule is C=C1c2ccccc2C2=CC=CC3CC123. The van der Waals surface area contributed by atoms with Crippen molar-refractivity contribution in [3.8, 4) is 0 Å². The number of hydrogen-bond donors (Lipinski definition) is 0. The van der Waals surface area contributed by atoms with Crippen LogP contribution in [-0.4, -0.2) is 0 Å². The van der Waals surface area contributed by atoms with E-state index < -0.39 is 0 Å². The zero-order valence-corrected chi connectivity index (χ0v) is 8.53. The van der Waals surface area contributed by atoms with E-state index in [-0.39, 0.29) is 0 Å². The van der Waals surface area contributed by atoms with Crippen molar-refractivity contribution in [2.75, 3.05) is 0 Å². The van der Waals surface area contributed by atoms with Gasteiger partial charge in [-0.3, -0.25) is 0 Å². The van der Waals surface area contributed by atoms with E-state index in [1.54, 1.807) is 0 Å². The van der Waals surface area contributed by atoms with E-state index in [9.17, 15) is 0 Å². The van der Waals surface area contributed by atoms with Crippen LogP contribution >= 0.6 is 0 Å². The van der Waals surface area contributed by atoms with Crippen molar-refractivity contribution >= 4 is 11.1 Å². The average molecular weight is 192 g/mol. The number of rotatable bonds is 0. The summed E-state index contributed by atoms with van der Waals surface area (Å²) in [5.41, 5.74) is 5.94. The van der Waals surface area contributed by atoms with Gasteiger partial charge in [-0.25, -0.2) is 0 Å². The molecule has 4 rings (SSSR count). The van der Waals surface area contributed by atoms with Crippen LogP contribution in [0.3, 0.4) is 0 Å². The highest BCUT2D eigenvalue weighted by atomic mass is 14.6. The first-order valence-electron chi connectivity index (χ1n) is 5.52. The van der Waals surface area contributed by atoms with Crippen LogP contribution in [0.4, 0.5) is 0 Å². The molecule has 15 heavy (non-hydrogen) atoms. The summed E-state index contributed by atoms with van der Waals surface area (Å²) in [4.78, 5) is 0. The fourth-order valence-corrected chi connectivity index (χ4v) is 3.33. The van der Waals surface area contributed by atoms with Crippen LogP contribution in [0.5, 0.6) is 0 Å². The largest absolute Gasteiger partial charge is 0.0943 e. The second-order valence-electron chi connectivity index (χ2n) is 4.77. The normalized spacial score (nSPS) is 34.3. The standard InChI is InChI=1S/C15H12/c1-10-12-6-2-3-7-13(12)14-8-4-5-11-9-15(10,11)14/h2-8,11H,1,9H2. The molecule has 0 bridgehead atoms. The minimum atomic E-state index is 0.304. The number of allylic oxidation sites excluding steroid dienone is 5. The molecule has 1 saturated carbocycles. The Morgan fingerprint density at radius 1 is 1.20 bits per heavy atom. The lowest BCUT2D eigenvalue weighted by molar-refractivity contribution is 0.854. The third-order valence-electron chi connectivity index (χ3n) is 4.18. The second-order valence-corrected chi connectivity index (χ2v) is 4.77. The van der Waals surface area contributed by atoms with Crippen LogP contribution in [-0.2, 0) is 0 Å². The van der Waals surface area contributed by atoms with Crippen LogP contribution < -0.4 is 0 Å². The van der Waals surface area contributed by atoms with E-state index in [0.29, 0.717) is 5.41 Å². The van der Waals surface area contributed by atoms with Gasteiger partial charge in [0.1, 0.15) is 0 Å². The molecular weight excluding hydrogens is 180 g/mol. The third-order valence-corrected chi connectivity index (χ3v) is 4.18. The molecule has 1 spiro atoms. The Bertz CT molecular complexity index is 545. The summed E-state index contributed by atoms with van der Waals surface area (Å²) in [6.07, 6.45) is 8.09. The summed E-state index contributed by atoms with van der Waals surface area (Å²) >= 11 is 0. The highest BCUT2D eigenvalue weighted by Crippen LogP contribution is 2.73. The quantitative estimate of drug-likeness (QED) is 0.588. The molecule has 0 saturated heterocycles. The maximum absolute atomic E-state index is 4.32. The number of benzene rings is 1. The van der Waals surface area contributed by atoms with Gasteiger partial charge in [0.25, 0.3) is 0 Å². The van der Waals surface area contributed by atoms with Crippen LogP contribution in [0.1, 0.15) is 17.5 Å². The van der Waals surface area contributed by atoms with Crippen LogP contribution in [0, 0.1) is 11.3 Å². The smallest absolute Gasteiger partial charge is 0.0278 e. The molecule has 1 fully saturated rings. The number of hydrogen-bond acceptors (Lipinski definition) is 0. The van der Waals surface area contributed by atoms with Gasteiger partial charge >= 0.3 is 0 Å². The topological polar surface area (TPSA) is 0 Å². The van der Waals surface area contributed by atoms with E-state index in [1.807, 2.05) is 0 Å². The van der Waals surface area contributed by atoms with Crippen molar-refractivity contribution < 1.29 is 0 Å². The first-order chi connectivity index (χ1) is 7.34. The van der Waals surface area contributed by atoms with Gasteiger partial charge in [-0.1, -0.05) is 49.1 Å². The van der Waals surface area contributed by atoms with E-state index in [1.165, 1.54) is 28.7 Å². The molecule has 0 heterocycles. The predicted octanol–water partition coefficient (Wildman–Crippen LogP) is 3.67. The Labute approximate surface area is 89.6 Å². The van der Waals surface area contributed by atoms with Crippen molar-refractivity contribution in [1.82, 2.24) is 0 Å². The maximum atomic E-state index is 4.32. The Balaban J connectivity index is 2.08. The Kier molecular flexibility index (Phi) is 1.11. The van der Waals surface area contributed by atoms with Gasteiger partial charge in [0.15, 0.2) is 0 Å². The Morgan fingerprint density at radius 2 is 2.00 bits per heavy atom. The highest BCUT2D eigenvalue weighted by molar-refractivity contribution is 6.01. The molecule has 0 heteroatoms. The molecule has 0 nitrogen and oxygen atoms in total. The summed E-state index contributed by atoms with van der Waals surface area (Å²) in [7, 11) is 0. The lowest BCUT2D eigenvalue weighted by Crippen LogP contribution is -2.02. The van der Waals surface area contributed by atoms with Crippen molar-refractivity contribution in [3.05, 3.63) is 60.2 Å². The molecule has 0 aliphatic heterocycles. The summed E-state index contributed by atoms with van der Waals surface area (Å²) in [5, 5.41) is 0. The van der Waals surface area contributed by atoms with E-state index in [4.69, 9.17) is 0 Å². The van der Waals surface area contributed by atoms with Crippen molar-refractivity contribution in [1.29, 1.82) is 0 Å². The molecule has 1 aromatic carbocycles. The average Bonchev–Trinajstić information content (AvgIpc) is 2.98. The van der Waals surface area contributed by atoms with Gasteiger partial charge < -0.3 is 0 Å². The zero-order chi connectivity index (χ0) is 10.0. The van der Waals surface area contributed by atoms with Gasteiger partial charge in [0.2, 0.25) is 0 Å². The minimum Gasteiger partial charge on any atom is -0.0943 e. The summed E-state index contributed by atoms with van der Waals surface area (Å²) in [5.74, 6) is 0.720. The molecule has 2 unspecified atom stereocenters. The van der Waals surface area contributed by atoms with Gasteiger partial charge in [0, 0.05) is 5.41 Å². The fourth-order valence-electron chi connectivity index (χ4n) is 3.33. The lowest BCUT2D eigenvalue weighted by Gasteiger charge is -2.15. The summed E-state index contributed by atoms with van der Waals surface area (Å²) in [6, 6.07) is 8.68. The van der Waals surface area contributed by atoms with Gasteiger partial charge in [-0.2, -0.15) is 0 Å². The molecule has 3 aliphatic rings. The van der Waals surface area contributed by atoms with Crippen LogP contribution in [0.2, 0.25) is 0 Å². The molecule has 3 aliphatic carbocycles. The molecule has 0 radical (unpaired) electrons. The molecule has 1 aromatic rings. The molecule has 0 aromatic heterocycles. The minimum absolute atomic E-state index is 0.304. The van der Waals surface area contributed by atoms with Crippen molar-refractivity contribution in [2.24, 2.45) is 11.3 Å². The van der Waals surface area contributed by atoms with Crippen molar-refractivity contribution in [3.63, 3.8) is 0 Å². The first-order valence-corrected chi connectivity index (χ1v) is 5.52. The maximum Gasteiger partial charge on any atom is 0.0278 e. The van der Waals surface area contributed by atoms with Crippen LogP contribution in [0.15, 0.2) is 49.1 Å². The second kappa shape index (κ2) is 2.16. The van der Waals surface area contributed by atoms with Gasteiger partial charge in [-0.15, -0.1) is 0 Å². The van der Waals surface area contributed by atoms with E-state index in [2.05, 4.69) is 49.1 Å². The molecule has 72 valence electrons. The molecule has 2 atom stereocenters. The highest BCUT2D eigenvalue weighted by Gasteiger charge is 2.61.